The van der Waals surface area contributed by atoms with Gasteiger partial charge in [-0.15, -0.1) is 0 Å². The van der Waals surface area contributed by atoms with Crippen molar-refractivity contribution in [3.63, 3.8) is 0 Å². The summed E-state index contributed by atoms with van der Waals surface area (Å²) in [4.78, 5) is 24.4. The Hall–Kier alpha value is -2.71. The number of hydrogen-bond donors (Lipinski definition) is 2. The third kappa shape index (κ3) is 5.28. The zero-order valence-corrected chi connectivity index (χ0v) is 20.0. The number of piperidine rings is 1. The predicted octanol–water partition coefficient (Wildman–Crippen LogP) is 3.87. The number of hydrogen-bond acceptors (Lipinski definition) is 4. The van der Waals surface area contributed by atoms with Crippen LogP contribution in [0.25, 0.3) is 0 Å². The van der Waals surface area contributed by atoms with Gasteiger partial charge in [0.05, 0.1) is 4.90 Å². The van der Waals surface area contributed by atoms with Crippen molar-refractivity contribution < 1.29 is 18.0 Å². The normalized spacial score (nSPS) is 17.3. The van der Waals surface area contributed by atoms with E-state index in [1.807, 2.05) is 25.1 Å². The van der Waals surface area contributed by atoms with Crippen LogP contribution < -0.4 is 10.6 Å². The van der Waals surface area contributed by atoms with E-state index in [1.165, 1.54) is 16.8 Å². The number of aryl methyl sites for hydroxylation is 3. The highest BCUT2D eigenvalue weighted by Crippen LogP contribution is 2.29. The van der Waals surface area contributed by atoms with Crippen LogP contribution in [0.4, 0.5) is 11.4 Å². The summed E-state index contributed by atoms with van der Waals surface area (Å²) in [6, 6.07) is 10.9. The molecule has 1 aliphatic carbocycles. The van der Waals surface area contributed by atoms with Crippen molar-refractivity contribution in [1.29, 1.82) is 0 Å². The number of carbonyl (C=O) groups is 2. The highest BCUT2D eigenvalue weighted by Gasteiger charge is 2.32. The molecule has 1 fully saturated rings. The topological polar surface area (TPSA) is 95.6 Å². The molecule has 0 atom stereocenters. The molecule has 176 valence electrons. The number of fused-ring (bicyclic) bond motifs is 1. The van der Waals surface area contributed by atoms with E-state index in [0.717, 1.165) is 36.8 Å². The van der Waals surface area contributed by atoms with Gasteiger partial charge in [0, 0.05) is 37.3 Å². The van der Waals surface area contributed by atoms with Crippen LogP contribution in [0.5, 0.6) is 0 Å². The van der Waals surface area contributed by atoms with Crippen molar-refractivity contribution >= 4 is 33.2 Å². The number of rotatable bonds is 5. The van der Waals surface area contributed by atoms with Crippen molar-refractivity contribution in [2.75, 3.05) is 23.7 Å². The van der Waals surface area contributed by atoms with E-state index in [-0.39, 0.29) is 17.7 Å². The standard InChI is InChI=1S/C25H31N3O4S/c1-17-15-22(8-10-24(17)26-18(2)29)27-25(30)20-11-13-28(14-12-20)33(31,32)23-9-7-19-5-3-4-6-21(19)16-23/h7-10,15-16,20H,3-6,11-14H2,1-2H3,(H,26,29)(H,27,30). The highest BCUT2D eigenvalue weighted by atomic mass is 32.2. The molecule has 0 spiro atoms. The smallest absolute Gasteiger partial charge is 0.243 e. The van der Waals surface area contributed by atoms with E-state index in [0.29, 0.717) is 42.2 Å². The van der Waals surface area contributed by atoms with Crippen molar-refractivity contribution in [3.8, 4) is 0 Å². The fraction of sp³-hybridized carbons (Fsp3) is 0.440. The number of anilines is 2. The first-order valence-corrected chi connectivity index (χ1v) is 13.0. The molecule has 2 aromatic carbocycles. The number of amides is 2. The first kappa shape index (κ1) is 23.4. The quantitative estimate of drug-likeness (QED) is 0.695. The monoisotopic (exact) mass is 469 g/mol. The fourth-order valence-electron chi connectivity index (χ4n) is 4.69. The van der Waals surface area contributed by atoms with Gasteiger partial charge >= 0.3 is 0 Å². The molecule has 1 saturated heterocycles. The molecule has 8 heteroatoms. The maximum atomic E-state index is 13.2. The van der Waals surface area contributed by atoms with Crippen LogP contribution in [0, 0.1) is 12.8 Å². The van der Waals surface area contributed by atoms with Crippen LogP contribution in [0.3, 0.4) is 0 Å². The van der Waals surface area contributed by atoms with E-state index in [1.54, 1.807) is 18.2 Å². The zero-order valence-electron chi connectivity index (χ0n) is 19.2. The molecule has 1 aliphatic heterocycles. The minimum atomic E-state index is -3.56. The van der Waals surface area contributed by atoms with E-state index in [9.17, 15) is 18.0 Å². The first-order valence-electron chi connectivity index (χ1n) is 11.5. The lowest BCUT2D eigenvalue weighted by Crippen LogP contribution is -2.41. The van der Waals surface area contributed by atoms with Gasteiger partial charge in [-0.1, -0.05) is 6.07 Å². The van der Waals surface area contributed by atoms with Crippen molar-refractivity contribution in [1.82, 2.24) is 4.31 Å². The lowest BCUT2D eigenvalue weighted by molar-refractivity contribution is -0.121. The maximum Gasteiger partial charge on any atom is 0.243 e. The average Bonchev–Trinajstić information content (AvgIpc) is 2.80. The minimum Gasteiger partial charge on any atom is -0.326 e. The van der Waals surface area contributed by atoms with Crippen LogP contribution in [0.15, 0.2) is 41.3 Å². The van der Waals surface area contributed by atoms with Crippen molar-refractivity contribution in [3.05, 3.63) is 53.1 Å². The summed E-state index contributed by atoms with van der Waals surface area (Å²) in [6.45, 7) is 3.98. The fourth-order valence-corrected chi connectivity index (χ4v) is 6.21. The lowest BCUT2D eigenvalue weighted by atomic mass is 9.92. The summed E-state index contributed by atoms with van der Waals surface area (Å²) in [5, 5.41) is 5.68. The Morgan fingerprint density at radius 2 is 1.64 bits per heavy atom. The van der Waals surface area contributed by atoms with Gasteiger partial charge in [0.1, 0.15) is 0 Å². The van der Waals surface area contributed by atoms with Gasteiger partial charge in [-0.05, 0) is 92.5 Å². The summed E-state index contributed by atoms with van der Waals surface area (Å²) in [7, 11) is -3.56. The molecule has 0 unspecified atom stereocenters. The summed E-state index contributed by atoms with van der Waals surface area (Å²) < 4.78 is 27.9. The Morgan fingerprint density at radius 3 is 2.30 bits per heavy atom. The Kier molecular flexibility index (Phi) is 6.86. The van der Waals surface area contributed by atoms with Gasteiger partial charge in [0.2, 0.25) is 21.8 Å². The van der Waals surface area contributed by atoms with E-state index < -0.39 is 10.0 Å². The average molecular weight is 470 g/mol. The van der Waals surface area contributed by atoms with Gasteiger partial charge in [0.25, 0.3) is 0 Å². The number of nitrogens with zero attached hydrogens (tertiary/aromatic N) is 1. The Labute approximate surface area is 195 Å². The van der Waals surface area contributed by atoms with Gasteiger partial charge in [-0.3, -0.25) is 9.59 Å². The summed E-state index contributed by atoms with van der Waals surface area (Å²) in [6.07, 6.45) is 5.19. The van der Waals surface area contributed by atoms with E-state index >= 15 is 0 Å². The van der Waals surface area contributed by atoms with Crippen LogP contribution in [0.1, 0.15) is 49.3 Å². The summed E-state index contributed by atoms with van der Waals surface area (Å²) in [5.74, 6) is -0.491. The van der Waals surface area contributed by atoms with Crippen molar-refractivity contribution in [2.45, 2.75) is 57.3 Å². The van der Waals surface area contributed by atoms with Crippen LogP contribution in [-0.2, 0) is 32.5 Å². The first-order chi connectivity index (χ1) is 15.7. The Balaban J connectivity index is 1.37. The molecule has 7 nitrogen and oxygen atoms in total. The molecule has 33 heavy (non-hydrogen) atoms. The number of sulfonamides is 1. The largest absolute Gasteiger partial charge is 0.326 e. The SMILES string of the molecule is CC(=O)Nc1ccc(NC(=O)C2CCN(S(=O)(=O)c3ccc4c(c3)CCCC4)CC2)cc1C. The summed E-state index contributed by atoms with van der Waals surface area (Å²) >= 11 is 0. The molecule has 2 amide bonds. The molecule has 0 bridgehead atoms. The number of carbonyl (C=O) groups excluding carboxylic acids is 2. The molecule has 2 N–H and O–H groups in total. The van der Waals surface area contributed by atoms with Crippen LogP contribution >= 0.6 is 0 Å². The predicted molar refractivity (Wildman–Crippen MR) is 129 cm³/mol. The maximum absolute atomic E-state index is 13.2. The molecule has 4 rings (SSSR count). The van der Waals surface area contributed by atoms with Crippen molar-refractivity contribution in [2.24, 2.45) is 5.92 Å². The zero-order chi connectivity index (χ0) is 23.6. The number of nitrogens with one attached hydrogen (secondary N) is 2. The second-order valence-electron chi connectivity index (χ2n) is 9.02. The molecule has 0 saturated carbocycles. The third-order valence-corrected chi connectivity index (χ3v) is 8.48. The molecule has 2 aliphatic rings. The molecular weight excluding hydrogens is 438 g/mol. The third-order valence-electron chi connectivity index (χ3n) is 6.59. The lowest BCUT2D eigenvalue weighted by Gasteiger charge is -2.31. The Bertz CT molecular complexity index is 1170. The van der Waals surface area contributed by atoms with E-state index in [2.05, 4.69) is 10.6 Å². The Morgan fingerprint density at radius 1 is 0.939 bits per heavy atom. The number of benzene rings is 2. The highest BCUT2D eigenvalue weighted by molar-refractivity contribution is 7.89. The molecule has 0 radical (unpaired) electrons. The molecule has 0 aromatic heterocycles. The van der Waals surface area contributed by atoms with Crippen LogP contribution in [0.2, 0.25) is 0 Å². The molecule has 2 aromatic rings. The van der Waals surface area contributed by atoms with Gasteiger partial charge < -0.3 is 10.6 Å². The molecule has 1 heterocycles. The second-order valence-corrected chi connectivity index (χ2v) is 11.0. The second kappa shape index (κ2) is 9.65. The summed E-state index contributed by atoms with van der Waals surface area (Å²) in [5.41, 5.74) is 4.64. The van der Waals surface area contributed by atoms with Crippen LogP contribution in [-0.4, -0.2) is 37.6 Å². The van der Waals surface area contributed by atoms with Gasteiger partial charge in [0.15, 0.2) is 0 Å². The molecular formula is C25H31N3O4S. The van der Waals surface area contributed by atoms with E-state index in [4.69, 9.17) is 0 Å². The van der Waals surface area contributed by atoms with Gasteiger partial charge in [-0.25, -0.2) is 8.42 Å². The minimum absolute atomic E-state index is 0.104. The van der Waals surface area contributed by atoms with Gasteiger partial charge in [-0.2, -0.15) is 4.31 Å².